The summed E-state index contributed by atoms with van der Waals surface area (Å²) in [5.74, 6) is 2.68. The van der Waals surface area contributed by atoms with Crippen molar-refractivity contribution in [2.24, 2.45) is 0 Å². The molecule has 6 heteroatoms. The minimum Gasteiger partial charge on any atom is -0.464 e. The van der Waals surface area contributed by atoms with E-state index in [0.29, 0.717) is 16.9 Å². The van der Waals surface area contributed by atoms with Crippen LogP contribution in [0, 0.1) is 12.3 Å². The van der Waals surface area contributed by atoms with E-state index in [1.54, 1.807) is 6.20 Å². The van der Waals surface area contributed by atoms with Gasteiger partial charge in [0.25, 0.3) is 0 Å². The lowest BCUT2D eigenvalue weighted by atomic mass is 10.4. The van der Waals surface area contributed by atoms with Gasteiger partial charge in [0, 0.05) is 0 Å². The molecule has 0 fully saturated rings. The third-order valence-corrected chi connectivity index (χ3v) is 1.71. The number of fused-ring (bicyclic) bond motifs is 1. The third kappa shape index (κ3) is 1.47. The molecule has 0 saturated carbocycles. The molecule has 2 rings (SSSR count). The Balaban J connectivity index is 2.51. The zero-order chi connectivity index (χ0) is 9.97. The van der Waals surface area contributed by atoms with Crippen LogP contribution in [0.1, 0.15) is 0 Å². The standard InChI is InChI=1S/C8H5ClN4O/c1-2-3-14-7-5-4-10-13-6(5)11-8(9)12-7/h1,4H,3H2,(H,10,11,12,13). The molecule has 0 amide bonds. The van der Waals surface area contributed by atoms with Gasteiger partial charge in [-0.3, -0.25) is 5.10 Å². The van der Waals surface area contributed by atoms with Gasteiger partial charge in [0.2, 0.25) is 11.2 Å². The van der Waals surface area contributed by atoms with Crippen molar-refractivity contribution >= 4 is 22.6 Å². The highest BCUT2D eigenvalue weighted by molar-refractivity contribution is 6.28. The molecule has 5 nitrogen and oxygen atoms in total. The monoisotopic (exact) mass is 208 g/mol. The van der Waals surface area contributed by atoms with E-state index < -0.39 is 0 Å². The van der Waals surface area contributed by atoms with E-state index in [2.05, 4.69) is 26.1 Å². The summed E-state index contributed by atoms with van der Waals surface area (Å²) < 4.78 is 5.18. The quantitative estimate of drug-likeness (QED) is 0.591. The number of aromatic nitrogens is 4. The molecule has 14 heavy (non-hydrogen) atoms. The summed E-state index contributed by atoms with van der Waals surface area (Å²) in [6.07, 6.45) is 6.61. The average molecular weight is 209 g/mol. The third-order valence-electron chi connectivity index (χ3n) is 1.54. The Labute approximate surface area is 84.5 Å². The summed E-state index contributed by atoms with van der Waals surface area (Å²) in [5, 5.41) is 7.20. The summed E-state index contributed by atoms with van der Waals surface area (Å²) in [5.41, 5.74) is 0.525. The van der Waals surface area contributed by atoms with Gasteiger partial charge in [-0.15, -0.1) is 6.42 Å². The molecule has 0 aliphatic rings. The second-order valence-electron chi connectivity index (χ2n) is 2.42. The van der Waals surface area contributed by atoms with Crippen LogP contribution in [-0.4, -0.2) is 26.8 Å². The Morgan fingerprint density at radius 3 is 3.21 bits per heavy atom. The molecule has 2 heterocycles. The Bertz CT molecular complexity index is 502. The molecule has 0 unspecified atom stereocenters. The van der Waals surface area contributed by atoms with Gasteiger partial charge in [-0.2, -0.15) is 15.1 Å². The lowest BCUT2D eigenvalue weighted by molar-refractivity contribution is 0.360. The van der Waals surface area contributed by atoms with Crippen LogP contribution < -0.4 is 4.74 Å². The SMILES string of the molecule is C#CCOc1nc(Cl)nc2[nH]ncc12. The van der Waals surface area contributed by atoms with Crippen LogP contribution in [0.5, 0.6) is 5.88 Å². The molecule has 0 atom stereocenters. The van der Waals surface area contributed by atoms with Crippen molar-refractivity contribution in [2.45, 2.75) is 0 Å². The fourth-order valence-electron chi connectivity index (χ4n) is 1.00. The van der Waals surface area contributed by atoms with Crippen LogP contribution >= 0.6 is 11.6 Å². The van der Waals surface area contributed by atoms with E-state index in [1.165, 1.54) is 0 Å². The Kier molecular flexibility index (Phi) is 2.21. The molecule has 0 spiro atoms. The lowest BCUT2D eigenvalue weighted by Crippen LogP contribution is -1.97. The van der Waals surface area contributed by atoms with Gasteiger partial charge in [-0.1, -0.05) is 5.92 Å². The van der Waals surface area contributed by atoms with Gasteiger partial charge in [0.1, 0.15) is 5.39 Å². The highest BCUT2D eigenvalue weighted by Gasteiger charge is 2.08. The van der Waals surface area contributed by atoms with Gasteiger partial charge < -0.3 is 4.74 Å². The van der Waals surface area contributed by atoms with Gasteiger partial charge in [0.05, 0.1) is 6.20 Å². The molecule has 1 N–H and O–H groups in total. The van der Waals surface area contributed by atoms with Crippen LogP contribution in [-0.2, 0) is 0 Å². The van der Waals surface area contributed by atoms with Crippen molar-refractivity contribution in [3.05, 3.63) is 11.5 Å². The number of rotatable bonds is 2. The zero-order valence-electron chi connectivity index (χ0n) is 6.99. The molecular formula is C8H5ClN4O. The maximum absolute atomic E-state index is 5.66. The first-order chi connectivity index (χ1) is 6.81. The van der Waals surface area contributed by atoms with Crippen molar-refractivity contribution in [3.63, 3.8) is 0 Å². The molecule has 0 bridgehead atoms. The van der Waals surface area contributed by atoms with Crippen LogP contribution in [0.2, 0.25) is 5.28 Å². The maximum Gasteiger partial charge on any atom is 0.230 e. The minimum absolute atomic E-state index is 0.0915. The number of nitrogens with zero attached hydrogens (tertiary/aromatic N) is 3. The molecule has 70 valence electrons. The van der Waals surface area contributed by atoms with Gasteiger partial charge in [0.15, 0.2) is 12.3 Å². The van der Waals surface area contributed by atoms with E-state index in [4.69, 9.17) is 22.8 Å². The van der Waals surface area contributed by atoms with Crippen molar-refractivity contribution in [1.82, 2.24) is 20.2 Å². The Hall–Kier alpha value is -1.80. The van der Waals surface area contributed by atoms with Crippen LogP contribution in [0.3, 0.4) is 0 Å². The zero-order valence-corrected chi connectivity index (χ0v) is 7.75. The van der Waals surface area contributed by atoms with E-state index in [-0.39, 0.29) is 11.9 Å². The predicted octanol–water partition coefficient (Wildman–Crippen LogP) is 1.02. The first kappa shape index (κ1) is 8.78. The molecular weight excluding hydrogens is 204 g/mol. The fourth-order valence-corrected chi connectivity index (χ4v) is 1.16. The Morgan fingerprint density at radius 2 is 2.43 bits per heavy atom. The number of hydrogen-bond donors (Lipinski definition) is 1. The molecule has 2 aromatic heterocycles. The summed E-state index contributed by atoms with van der Waals surface area (Å²) in [6, 6.07) is 0. The number of ether oxygens (including phenoxy) is 1. The maximum atomic E-state index is 5.66. The van der Waals surface area contributed by atoms with Gasteiger partial charge in [-0.05, 0) is 11.6 Å². The topological polar surface area (TPSA) is 63.7 Å². The summed E-state index contributed by atoms with van der Waals surface area (Å²) in [6.45, 7) is 0.133. The molecule has 2 aromatic rings. The molecule has 0 aliphatic heterocycles. The smallest absolute Gasteiger partial charge is 0.230 e. The summed E-state index contributed by atoms with van der Waals surface area (Å²) in [7, 11) is 0. The molecule has 0 saturated heterocycles. The highest BCUT2D eigenvalue weighted by Crippen LogP contribution is 2.21. The van der Waals surface area contributed by atoms with Crippen molar-refractivity contribution in [1.29, 1.82) is 0 Å². The highest BCUT2D eigenvalue weighted by atomic mass is 35.5. The number of aromatic amines is 1. The first-order valence-electron chi connectivity index (χ1n) is 3.74. The molecule has 0 aliphatic carbocycles. The second-order valence-corrected chi connectivity index (χ2v) is 2.76. The van der Waals surface area contributed by atoms with Crippen LogP contribution in [0.25, 0.3) is 11.0 Å². The van der Waals surface area contributed by atoms with E-state index in [0.717, 1.165) is 0 Å². The normalized spacial score (nSPS) is 10.0. The second kappa shape index (κ2) is 3.52. The predicted molar refractivity (Wildman–Crippen MR) is 51.0 cm³/mol. The van der Waals surface area contributed by atoms with Crippen molar-refractivity contribution < 1.29 is 4.74 Å². The van der Waals surface area contributed by atoms with E-state index in [9.17, 15) is 0 Å². The number of H-pyrrole nitrogens is 1. The number of halogens is 1. The van der Waals surface area contributed by atoms with E-state index in [1.807, 2.05) is 0 Å². The fraction of sp³-hybridized carbons (Fsp3) is 0.125. The largest absolute Gasteiger partial charge is 0.464 e. The Morgan fingerprint density at radius 1 is 1.57 bits per heavy atom. The number of terminal acetylenes is 1. The van der Waals surface area contributed by atoms with E-state index >= 15 is 0 Å². The number of nitrogens with one attached hydrogen (secondary N) is 1. The van der Waals surface area contributed by atoms with Crippen LogP contribution in [0.4, 0.5) is 0 Å². The van der Waals surface area contributed by atoms with Crippen LogP contribution in [0.15, 0.2) is 6.20 Å². The van der Waals surface area contributed by atoms with Gasteiger partial charge in [-0.25, -0.2) is 0 Å². The minimum atomic E-state index is 0.0915. The van der Waals surface area contributed by atoms with Gasteiger partial charge >= 0.3 is 0 Å². The lowest BCUT2D eigenvalue weighted by Gasteiger charge is -2.01. The average Bonchev–Trinajstić information content (AvgIpc) is 2.61. The van der Waals surface area contributed by atoms with Crippen molar-refractivity contribution in [3.8, 4) is 18.2 Å². The first-order valence-corrected chi connectivity index (χ1v) is 4.12. The number of hydrogen-bond acceptors (Lipinski definition) is 4. The molecule has 0 aromatic carbocycles. The summed E-state index contributed by atoms with van der Waals surface area (Å²) >= 11 is 5.66. The van der Waals surface area contributed by atoms with Crippen molar-refractivity contribution in [2.75, 3.05) is 6.61 Å². The molecule has 0 radical (unpaired) electrons. The summed E-state index contributed by atoms with van der Waals surface area (Å²) in [4.78, 5) is 7.80.